The SMILES string of the molecule is NC(=O)c1cc(-c2ccc(F)cc2)ccc1Br. The number of hydrogen-bond donors (Lipinski definition) is 1. The van der Waals surface area contributed by atoms with Gasteiger partial charge in [-0.05, 0) is 51.3 Å². The van der Waals surface area contributed by atoms with E-state index >= 15 is 0 Å². The van der Waals surface area contributed by atoms with E-state index in [0.29, 0.717) is 10.0 Å². The maximum atomic E-state index is 12.8. The third kappa shape index (κ3) is 2.53. The predicted octanol–water partition coefficient (Wildman–Crippen LogP) is 3.35. The van der Waals surface area contributed by atoms with Crippen molar-refractivity contribution < 1.29 is 9.18 Å². The lowest BCUT2D eigenvalue weighted by atomic mass is 10.0. The second-order valence-corrected chi connectivity index (χ2v) is 4.42. The molecule has 4 heteroatoms. The van der Waals surface area contributed by atoms with Gasteiger partial charge < -0.3 is 5.73 Å². The lowest BCUT2D eigenvalue weighted by Crippen LogP contribution is -2.11. The van der Waals surface area contributed by atoms with Crippen LogP contribution in [0.15, 0.2) is 46.9 Å². The lowest BCUT2D eigenvalue weighted by Gasteiger charge is -2.05. The summed E-state index contributed by atoms with van der Waals surface area (Å²) in [5.41, 5.74) is 7.32. The van der Waals surface area contributed by atoms with Crippen LogP contribution < -0.4 is 5.73 Å². The van der Waals surface area contributed by atoms with Gasteiger partial charge in [0.2, 0.25) is 5.91 Å². The van der Waals surface area contributed by atoms with Crippen molar-refractivity contribution in [2.24, 2.45) is 5.73 Å². The fraction of sp³-hybridized carbons (Fsp3) is 0. The first-order chi connectivity index (χ1) is 8.08. The van der Waals surface area contributed by atoms with Gasteiger partial charge in [0.15, 0.2) is 0 Å². The Morgan fingerprint density at radius 2 is 1.65 bits per heavy atom. The van der Waals surface area contributed by atoms with Gasteiger partial charge in [0.05, 0.1) is 5.56 Å². The summed E-state index contributed by atoms with van der Waals surface area (Å²) in [6, 6.07) is 11.3. The van der Waals surface area contributed by atoms with Gasteiger partial charge in [0.25, 0.3) is 0 Å². The summed E-state index contributed by atoms with van der Waals surface area (Å²) >= 11 is 3.25. The fourth-order valence-corrected chi connectivity index (χ4v) is 1.98. The molecule has 0 bridgehead atoms. The van der Waals surface area contributed by atoms with Gasteiger partial charge >= 0.3 is 0 Å². The van der Waals surface area contributed by atoms with E-state index in [4.69, 9.17) is 5.73 Å². The zero-order chi connectivity index (χ0) is 12.4. The summed E-state index contributed by atoms with van der Waals surface area (Å²) in [6.45, 7) is 0. The first kappa shape index (κ1) is 11.8. The van der Waals surface area contributed by atoms with Crippen molar-refractivity contribution in [2.45, 2.75) is 0 Å². The van der Waals surface area contributed by atoms with Gasteiger partial charge in [-0.1, -0.05) is 18.2 Å². The number of carbonyl (C=O) groups excluding carboxylic acids is 1. The minimum atomic E-state index is -0.499. The van der Waals surface area contributed by atoms with E-state index in [1.54, 1.807) is 24.3 Å². The van der Waals surface area contributed by atoms with Crippen LogP contribution in [0.3, 0.4) is 0 Å². The molecule has 0 aliphatic rings. The summed E-state index contributed by atoms with van der Waals surface area (Å²) in [6.07, 6.45) is 0. The Morgan fingerprint density at radius 1 is 1.06 bits per heavy atom. The molecule has 0 aromatic heterocycles. The minimum Gasteiger partial charge on any atom is -0.366 e. The number of amides is 1. The molecule has 0 saturated carbocycles. The van der Waals surface area contributed by atoms with Gasteiger partial charge in [-0.25, -0.2) is 4.39 Å². The number of halogens is 2. The highest BCUT2D eigenvalue weighted by molar-refractivity contribution is 9.10. The molecule has 17 heavy (non-hydrogen) atoms. The van der Waals surface area contributed by atoms with E-state index in [1.807, 2.05) is 6.07 Å². The molecule has 2 N–H and O–H groups in total. The Balaban J connectivity index is 2.50. The largest absolute Gasteiger partial charge is 0.366 e. The summed E-state index contributed by atoms with van der Waals surface area (Å²) < 4.78 is 13.4. The van der Waals surface area contributed by atoms with Crippen molar-refractivity contribution in [2.75, 3.05) is 0 Å². The zero-order valence-electron chi connectivity index (χ0n) is 8.78. The molecule has 2 nitrogen and oxygen atoms in total. The highest BCUT2D eigenvalue weighted by Crippen LogP contribution is 2.25. The molecule has 0 saturated heterocycles. The molecule has 0 spiro atoms. The van der Waals surface area contributed by atoms with Crippen LogP contribution in [0.5, 0.6) is 0 Å². The fourth-order valence-electron chi connectivity index (χ4n) is 1.54. The molecule has 0 atom stereocenters. The molecular weight excluding hydrogens is 285 g/mol. The number of primary amides is 1. The van der Waals surface area contributed by atoms with E-state index in [1.165, 1.54) is 12.1 Å². The van der Waals surface area contributed by atoms with Crippen molar-refractivity contribution in [3.63, 3.8) is 0 Å². The molecule has 0 heterocycles. The maximum absolute atomic E-state index is 12.8. The molecule has 0 radical (unpaired) electrons. The topological polar surface area (TPSA) is 43.1 Å². The second kappa shape index (κ2) is 4.67. The second-order valence-electron chi connectivity index (χ2n) is 3.57. The number of nitrogens with two attached hydrogens (primary N) is 1. The minimum absolute atomic E-state index is 0.291. The van der Waals surface area contributed by atoms with Crippen LogP contribution in [0, 0.1) is 5.82 Å². The smallest absolute Gasteiger partial charge is 0.249 e. The third-order valence-corrected chi connectivity index (χ3v) is 3.10. The van der Waals surface area contributed by atoms with E-state index in [9.17, 15) is 9.18 Å². The van der Waals surface area contributed by atoms with Crippen molar-refractivity contribution in [1.82, 2.24) is 0 Å². The molecule has 2 aromatic carbocycles. The summed E-state index contributed by atoms with van der Waals surface area (Å²) in [5, 5.41) is 0. The van der Waals surface area contributed by atoms with Crippen LogP contribution in [-0.2, 0) is 0 Å². The molecule has 2 aromatic rings. The molecule has 0 aliphatic carbocycles. The van der Waals surface area contributed by atoms with Crippen molar-refractivity contribution in [3.8, 4) is 11.1 Å². The number of hydrogen-bond acceptors (Lipinski definition) is 1. The number of benzene rings is 2. The van der Waals surface area contributed by atoms with Gasteiger partial charge in [-0.2, -0.15) is 0 Å². The van der Waals surface area contributed by atoms with Crippen LogP contribution in [0.25, 0.3) is 11.1 Å². The molecular formula is C13H9BrFNO. The molecule has 0 aliphatic heterocycles. The molecule has 2 rings (SSSR count). The van der Waals surface area contributed by atoms with Crippen LogP contribution in [0.1, 0.15) is 10.4 Å². The van der Waals surface area contributed by atoms with Gasteiger partial charge in [0, 0.05) is 4.47 Å². The first-order valence-electron chi connectivity index (χ1n) is 4.93. The van der Waals surface area contributed by atoms with Crippen LogP contribution in [0.2, 0.25) is 0 Å². The Labute approximate surface area is 106 Å². The standard InChI is InChI=1S/C13H9BrFNO/c14-12-6-3-9(7-11(12)13(16)17)8-1-4-10(15)5-2-8/h1-7H,(H2,16,17). The van der Waals surface area contributed by atoms with Gasteiger partial charge in [-0.3, -0.25) is 4.79 Å². The molecule has 0 unspecified atom stereocenters. The average Bonchev–Trinajstić information content (AvgIpc) is 2.30. The monoisotopic (exact) mass is 293 g/mol. The summed E-state index contributed by atoms with van der Waals surface area (Å²) in [5.74, 6) is -0.790. The van der Waals surface area contributed by atoms with E-state index in [-0.39, 0.29) is 5.82 Å². The van der Waals surface area contributed by atoms with Crippen molar-refractivity contribution in [1.29, 1.82) is 0 Å². The zero-order valence-corrected chi connectivity index (χ0v) is 10.4. The Morgan fingerprint density at radius 3 is 2.24 bits per heavy atom. The Kier molecular flexibility index (Phi) is 3.24. The molecule has 0 fully saturated rings. The summed E-state index contributed by atoms with van der Waals surface area (Å²) in [7, 11) is 0. The van der Waals surface area contributed by atoms with Crippen LogP contribution in [0.4, 0.5) is 4.39 Å². The normalized spacial score (nSPS) is 10.2. The van der Waals surface area contributed by atoms with E-state index in [2.05, 4.69) is 15.9 Å². The quantitative estimate of drug-likeness (QED) is 0.906. The number of carbonyl (C=O) groups is 1. The van der Waals surface area contributed by atoms with Crippen LogP contribution >= 0.6 is 15.9 Å². The van der Waals surface area contributed by atoms with Gasteiger partial charge in [-0.15, -0.1) is 0 Å². The Bertz CT molecular complexity index is 566. The highest BCUT2D eigenvalue weighted by atomic mass is 79.9. The molecule has 1 amide bonds. The van der Waals surface area contributed by atoms with Crippen molar-refractivity contribution >= 4 is 21.8 Å². The third-order valence-electron chi connectivity index (χ3n) is 2.41. The highest BCUT2D eigenvalue weighted by Gasteiger charge is 2.08. The maximum Gasteiger partial charge on any atom is 0.249 e. The number of rotatable bonds is 2. The van der Waals surface area contributed by atoms with E-state index < -0.39 is 5.91 Å². The van der Waals surface area contributed by atoms with E-state index in [0.717, 1.165) is 11.1 Å². The first-order valence-corrected chi connectivity index (χ1v) is 5.72. The lowest BCUT2D eigenvalue weighted by molar-refractivity contribution is 0.0999. The predicted molar refractivity (Wildman–Crippen MR) is 68.1 cm³/mol. The Hall–Kier alpha value is -1.68. The van der Waals surface area contributed by atoms with Crippen molar-refractivity contribution in [3.05, 3.63) is 58.3 Å². The summed E-state index contributed by atoms with van der Waals surface area (Å²) in [4.78, 5) is 11.2. The van der Waals surface area contributed by atoms with Gasteiger partial charge in [0.1, 0.15) is 5.82 Å². The average molecular weight is 294 g/mol. The van der Waals surface area contributed by atoms with Crippen LogP contribution in [-0.4, -0.2) is 5.91 Å². The molecule has 86 valence electrons.